The molecule has 6 aliphatic rings. The van der Waals surface area contributed by atoms with Gasteiger partial charge >= 0.3 is 0 Å². The summed E-state index contributed by atoms with van der Waals surface area (Å²) >= 11 is 0. The van der Waals surface area contributed by atoms with E-state index in [2.05, 4.69) is 17.1 Å². The minimum atomic E-state index is -1.00. The minimum absolute atomic E-state index is 0.0447. The highest BCUT2D eigenvalue weighted by molar-refractivity contribution is 5.20. The molecule has 2 heterocycles. The molecule has 7 heteroatoms. The van der Waals surface area contributed by atoms with Gasteiger partial charge in [-0.3, -0.25) is 4.90 Å². The number of fused-ring (bicyclic) bond motifs is 3. The lowest BCUT2D eigenvalue weighted by molar-refractivity contribution is -0.207. The molecule has 4 saturated carbocycles. The zero-order valence-corrected chi connectivity index (χ0v) is 23.4. The SMILES string of the molecule is COC1CCC(C2(C3CCC(OC)C(F)C3)C=CC3C(CC(N4CCOCC4)C4CCCCC34)O2)CC1F. The normalized spacial score (nSPS) is 50.3. The number of ether oxygens (including phenoxy) is 4. The van der Waals surface area contributed by atoms with Crippen molar-refractivity contribution in [2.75, 3.05) is 40.5 Å². The predicted octanol–water partition coefficient (Wildman–Crippen LogP) is 5.51. The summed E-state index contributed by atoms with van der Waals surface area (Å²) in [5.41, 5.74) is -0.607. The number of alkyl halides is 2. The number of nitrogens with zero attached hydrogens (tertiary/aromatic N) is 1. The van der Waals surface area contributed by atoms with Crippen LogP contribution in [0.4, 0.5) is 8.78 Å². The van der Waals surface area contributed by atoms with Gasteiger partial charge in [-0.05, 0) is 81.5 Å². The third-order valence-corrected chi connectivity index (χ3v) is 11.5. The van der Waals surface area contributed by atoms with Crippen molar-refractivity contribution in [1.29, 1.82) is 0 Å². The molecule has 6 rings (SSSR count). The van der Waals surface area contributed by atoms with Gasteiger partial charge in [0.05, 0.1) is 37.1 Å². The summed E-state index contributed by atoms with van der Waals surface area (Å²) < 4.78 is 54.7. The van der Waals surface area contributed by atoms with Crippen LogP contribution < -0.4 is 0 Å². The Balaban J connectivity index is 1.31. The number of morpholine rings is 1. The standard InChI is InChI=1S/C31H49F2NO4/c1-35-28-9-7-20(17-25(28)32)31(21-8-10-29(36-2)26(33)18-21)12-11-24-22-5-3-4-6-23(22)27(19-30(24)38-31)34-13-15-37-16-14-34/h11-12,20-30H,3-10,13-19H2,1-2H3. The fourth-order valence-electron chi connectivity index (χ4n) is 9.60. The Bertz CT molecular complexity index is 794. The van der Waals surface area contributed by atoms with Crippen molar-refractivity contribution in [3.05, 3.63) is 12.2 Å². The average Bonchev–Trinajstić information content (AvgIpc) is 2.96. The van der Waals surface area contributed by atoms with E-state index in [4.69, 9.17) is 18.9 Å². The van der Waals surface area contributed by atoms with Crippen molar-refractivity contribution in [3.63, 3.8) is 0 Å². The first-order valence-electron chi connectivity index (χ1n) is 15.6. The molecule has 0 N–H and O–H groups in total. The fourth-order valence-corrected chi connectivity index (χ4v) is 9.60. The number of halogens is 2. The van der Waals surface area contributed by atoms with Crippen molar-refractivity contribution in [2.45, 2.75) is 113 Å². The van der Waals surface area contributed by atoms with E-state index in [0.717, 1.165) is 45.6 Å². The van der Waals surface area contributed by atoms with Gasteiger partial charge in [0.15, 0.2) is 0 Å². The lowest BCUT2D eigenvalue weighted by Crippen LogP contribution is -2.61. The third kappa shape index (κ3) is 5.01. The lowest BCUT2D eigenvalue weighted by Gasteiger charge is -2.58. The van der Waals surface area contributed by atoms with Crippen LogP contribution in [-0.2, 0) is 18.9 Å². The van der Waals surface area contributed by atoms with Crippen molar-refractivity contribution in [3.8, 4) is 0 Å². The number of hydrogen-bond acceptors (Lipinski definition) is 5. The summed E-state index contributed by atoms with van der Waals surface area (Å²) in [6.07, 6.45) is 12.4. The van der Waals surface area contributed by atoms with Crippen LogP contribution in [0.1, 0.15) is 70.6 Å². The molecule has 0 bridgehead atoms. The van der Waals surface area contributed by atoms with Crippen LogP contribution in [0.2, 0.25) is 0 Å². The predicted molar refractivity (Wildman–Crippen MR) is 143 cm³/mol. The van der Waals surface area contributed by atoms with E-state index in [-0.39, 0.29) is 30.1 Å². The van der Waals surface area contributed by atoms with Gasteiger partial charge in [-0.25, -0.2) is 8.78 Å². The van der Waals surface area contributed by atoms with Crippen molar-refractivity contribution < 1.29 is 27.7 Å². The summed E-state index contributed by atoms with van der Waals surface area (Å²) in [5, 5.41) is 0. The Labute approximate surface area is 228 Å². The molecule has 11 atom stereocenters. The topological polar surface area (TPSA) is 40.2 Å². The van der Waals surface area contributed by atoms with Crippen molar-refractivity contribution in [2.24, 2.45) is 29.6 Å². The minimum Gasteiger partial charge on any atom is -0.379 e. The molecule has 38 heavy (non-hydrogen) atoms. The van der Waals surface area contributed by atoms with E-state index >= 15 is 8.78 Å². The van der Waals surface area contributed by atoms with Crippen molar-refractivity contribution in [1.82, 2.24) is 4.90 Å². The molecule has 2 aliphatic heterocycles. The smallest absolute Gasteiger partial charge is 0.127 e. The second kappa shape index (κ2) is 11.7. The molecule has 0 radical (unpaired) electrons. The summed E-state index contributed by atoms with van der Waals surface area (Å²) in [4.78, 5) is 2.68. The average molecular weight is 538 g/mol. The molecule has 0 aromatic rings. The zero-order valence-electron chi connectivity index (χ0n) is 23.4. The van der Waals surface area contributed by atoms with Gasteiger partial charge in [0.25, 0.3) is 0 Å². The lowest BCUT2D eigenvalue weighted by atomic mass is 9.58. The third-order valence-electron chi connectivity index (χ3n) is 11.5. The number of hydrogen-bond donors (Lipinski definition) is 0. The second-order valence-corrected chi connectivity index (χ2v) is 13.1. The van der Waals surface area contributed by atoms with Crippen LogP contribution in [0.15, 0.2) is 12.2 Å². The molecule has 4 aliphatic carbocycles. The van der Waals surface area contributed by atoms with E-state index < -0.39 is 17.9 Å². The Morgan fingerprint density at radius 1 is 0.789 bits per heavy atom. The van der Waals surface area contributed by atoms with Crippen LogP contribution in [0.3, 0.4) is 0 Å². The van der Waals surface area contributed by atoms with E-state index in [9.17, 15) is 0 Å². The molecule has 1 saturated heterocycles. The van der Waals surface area contributed by atoms with E-state index in [1.807, 2.05) is 0 Å². The van der Waals surface area contributed by atoms with E-state index in [0.29, 0.717) is 49.5 Å². The number of methoxy groups -OCH3 is 2. The first-order valence-corrected chi connectivity index (χ1v) is 15.6. The Morgan fingerprint density at radius 2 is 1.39 bits per heavy atom. The molecule has 0 aromatic carbocycles. The van der Waals surface area contributed by atoms with E-state index in [1.54, 1.807) is 14.2 Å². The summed E-state index contributed by atoms with van der Waals surface area (Å²) in [6, 6.07) is 0.519. The first-order chi connectivity index (χ1) is 18.5. The maximum absolute atomic E-state index is 15.3. The summed E-state index contributed by atoms with van der Waals surface area (Å²) in [6.45, 7) is 3.63. The van der Waals surface area contributed by atoms with Gasteiger partial charge in [0.1, 0.15) is 12.3 Å². The van der Waals surface area contributed by atoms with Crippen LogP contribution in [-0.4, -0.2) is 87.7 Å². The van der Waals surface area contributed by atoms with Gasteiger partial charge in [-0.2, -0.15) is 0 Å². The highest BCUT2D eigenvalue weighted by Crippen LogP contribution is 2.55. The van der Waals surface area contributed by atoms with Crippen LogP contribution >= 0.6 is 0 Å². The van der Waals surface area contributed by atoms with Crippen LogP contribution in [0.5, 0.6) is 0 Å². The second-order valence-electron chi connectivity index (χ2n) is 13.1. The molecule has 216 valence electrons. The van der Waals surface area contributed by atoms with E-state index in [1.165, 1.54) is 25.7 Å². The van der Waals surface area contributed by atoms with Gasteiger partial charge in [-0.15, -0.1) is 0 Å². The van der Waals surface area contributed by atoms with Crippen LogP contribution in [0.25, 0.3) is 0 Å². The molecule has 11 unspecified atom stereocenters. The van der Waals surface area contributed by atoms with Crippen LogP contribution in [0, 0.1) is 29.6 Å². The zero-order chi connectivity index (χ0) is 26.3. The molecule has 0 amide bonds. The fraction of sp³-hybridized carbons (Fsp3) is 0.935. The van der Waals surface area contributed by atoms with Crippen molar-refractivity contribution >= 4 is 0 Å². The first kappa shape index (κ1) is 27.6. The number of rotatable bonds is 5. The molecule has 5 nitrogen and oxygen atoms in total. The summed E-state index contributed by atoms with van der Waals surface area (Å²) in [7, 11) is 3.23. The largest absolute Gasteiger partial charge is 0.379 e. The maximum atomic E-state index is 15.3. The highest BCUT2D eigenvalue weighted by Gasteiger charge is 2.56. The van der Waals surface area contributed by atoms with Gasteiger partial charge < -0.3 is 18.9 Å². The molecular formula is C31H49F2NO4. The monoisotopic (exact) mass is 537 g/mol. The Morgan fingerprint density at radius 3 is 1.97 bits per heavy atom. The highest BCUT2D eigenvalue weighted by atomic mass is 19.1. The maximum Gasteiger partial charge on any atom is 0.127 e. The molecule has 5 fully saturated rings. The van der Waals surface area contributed by atoms with Gasteiger partial charge in [0, 0.05) is 39.3 Å². The van der Waals surface area contributed by atoms with Gasteiger partial charge in [-0.1, -0.05) is 25.0 Å². The quantitative estimate of drug-likeness (QED) is 0.433. The Kier molecular flexibility index (Phi) is 8.50. The molecular weight excluding hydrogens is 488 g/mol. The Hall–Kier alpha value is -0.600. The van der Waals surface area contributed by atoms with Gasteiger partial charge in [0.2, 0.25) is 0 Å². The molecule has 0 aromatic heterocycles. The molecule has 0 spiro atoms. The summed E-state index contributed by atoms with van der Waals surface area (Å²) in [5.74, 6) is 1.86.